The van der Waals surface area contributed by atoms with Crippen LogP contribution in [0, 0.1) is 11.8 Å². The van der Waals surface area contributed by atoms with Gasteiger partial charge >= 0.3 is 5.97 Å². The number of fused-ring (bicyclic) bond motifs is 1. The maximum absolute atomic E-state index is 12.2. The molecule has 1 N–H and O–H groups in total. The molecule has 0 bridgehead atoms. The molecule has 2 aliphatic carbocycles. The third kappa shape index (κ3) is 3.80. The number of carbonyl (C=O) groups excluding carboxylic acids is 2. The van der Waals surface area contributed by atoms with Crippen molar-refractivity contribution in [3.05, 3.63) is 34.9 Å². The van der Waals surface area contributed by atoms with Crippen molar-refractivity contribution >= 4 is 11.9 Å². The highest BCUT2D eigenvalue weighted by molar-refractivity contribution is 5.91. The van der Waals surface area contributed by atoms with Crippen LogP contribution in [0.5, 0.6) is 0 Å². The van der Waals surface area contributed by atoms with E-state index < -0.39 is 5.97 Å². The second-order valence-corrected chi connectivity index (χ2v) is 7.35. The van der Waals surface area contributed by atoms with E-state index in [1.165, 1.54) is 17.5 Å². The lowest BCUT2D eigenvalue weighted by molar-refractivity contribution is -0.125. The second kappa shape index (κ2) is 7.37. The van der Waals surface area contributed by atoms with Gasteiger partial charge in [0.15, 0.2) is 6.61 Å². The zero-order valence-electron chi connectivity index (χ0n) is 14.6. The highest BCUT2D eigenvalue weighted by Crippen LogP contribution is 2.29. The third-order valence-electron chi connectivity index (χ3n) is 5.72. The summed E-state index contributed by atoms with van der Waals surface area (Å²) in [6.45, 7) is 4.22. The van der Waals surface area contributed by atoms with E-state index in [4.69, 9.17) is 4.74 Å². The summed E-state index contributed by atoms with van der Waals surface area (Å²) in [7, 11) is 0. The van der Waals surface area contributed by atoms with Crippen LogP contribution in [-0.2, 0) is 22.4 Å². The molecule has 1 saturated carbocycles. The van der Waals surface area contributed by atoms with Crippen molar-refractivity contribution in [2.24, 2.45) is 11.8 Å². The number of hydrogen-bond donors (Lipinski definition) is 1. The molecule has 0 aromatic heterocycles. The van der Waals surface area contributed by atoms with Crippen molar-refractivity contribution in [3.63, 3.8) is 0 Å². The number of aryl methyl sites for hydroxylation is 2. The number of amides is 1. The van der Waals surface area contributed by atoms with Crippen molar-refractivity contribution in [2.45, 2.75) is 58.4 Å². The molecule has 0 aliphatic heterocycles. The summed E-state index contributed by atoms with van der Waals surface area (Å²) in [5.41, 5.74) is 3.10. The van der Waals surface area contributed by atoms with Crippen LogP contribution in [0.3, 0.4) is 0 Å². The van der Waals surface area contributed by atoms with Crippen LogP contribution in [0.1, 0.15) is 61.0 Å². The van der Waals surface area contributed by atoms with Crippen LogP contribution < -0.4 is 5.32 Å². The fraction of sp³-hybridized carbons (Fsp3) is 0.600. The van der Waals surface area contributed by atoms with Crippen molar-refractivity contribution in [2.75, 3.05) is 6.61 Å². The largest absolute Gasteiger partial charge is 0.452 e. The van der Waals surface area contributed by atoms with Gasteiger partial charge in [-0.05, 0) is 60.8 Å². The normalized spacial score (nSPS) is 25.8. The lowest BCUT2D eigenvalue weighted by Gasteiger charge is -2.34. The maximum atomic E-state index is 12.2. The first-order chi connectivity index (χ1) is 11.5. The molecule has 0 saturated heterocycles. The molecule has 4 heteroatoms. The Balaban J connectivity index is 1.50. The molecule has 0 radical (unpaired) electrons. The molecule has 3 atom stereocenters. The quantitative estimate of drug-likeness (QED) is 0.863. The molecule has 1 fully saturated rings. The molecular formula is C20H27NO3. The Labute approximate surface area is 144 Å². The summed E-state index contributed by atoms with van der Waals surface area (Å²) in [5, 5.41) is 3.03. The number of nitrogens with one attached hydrogen (secondary N) is 1. The third-order valence-corrected chi connectivity index (χ3v) is 5.72. The molecule has 24 heavy (non-hydrogen) atoms. The van der Waals surface area contributed by atoms with E-state index in [0.717, 1.165) is 32.1 Å². The van der Waals surface area contributed by atoms with Gasteiger partial charge in [-0.25, -0.2) is 4.79 Å². The van der Waals surface area contributed by atoms with E-state index in [-0.39, 0.29) is 18.6 Å². The number of esters is 1. The van der Waals surface area contributed by atoms with Crippen molar-refractivity contribution in [3.8, 4) is 0 Å². The molecule has 2 aliphatic rings. The van der Waals surface area contributed by atoms with Crippen LogP contribution in [0.2, 0.25) is 0 Å². The molecule has 0 heterocycles. The van der Waals surface area contributed by atoms with E-state index in [1.807, 2.05) is 12.1 Å². The number of benzene rings is 1. The molecular weight excluding hydrogens is 302 g/mol. The Kier molecular flexibility index (Phi) is 5.22. The standard InChI is InChI=1S/C20H27NO3/c1-13-5-3-8-18(14(13)2)21-19(22)12-24-20(23)17-10-9-15-6-4-7-16(15)11-17/h9-11,13-14,18H,3-8,12H2,1-2H3,(H,21,22)/t13-,14+,18-/m0/s1. The van der Waals surface area contributed by atoms with E-state index in [1.54, 1.807) is 6.07 Å². The number of rotatable bonds is 4. The molecule has 1 amide bonds. The first kappa shape index (κ1) is 17.0. The fourth-order valence-electron chi connectivity index (χ4n) is 3.95. The smallest absolute Gasteiger partial charge is 0.338 e. The van der Waals surface area contributed by atoms with Gasteiger partial charge in [-0.15, -0.1) is 0 Å². The average molecular weight is 329 g/mol. The van der Waals surface area contributed by atoms with Crippen LogP contribution >= 0.6 is 0 Å². The summed E-state index contributed by atoms with van der Waals surface area (Å²) < 4.78 is 5.20. The molecule has 0 spiro atoms. The molecule has 1 aromatic rings. The van der Waals surface area contributed by atoms with Crippen LogP contribution in [0.25, 0.3) is 0 Å². The molecule has 4 nitrogen and oxygen atoms in total. The van der Waals surface area contributed by atoms with Crippen molar-refractivity contribution < 1.29 is 14.3 Å². The predicted molar refractivity (Wildman–Crippen MR) is 92.9 cm³/mol. The minimum atomic E-state index is -0.412. The van der Waals surface area contributed by atoms with Gasteiger partial charge in [0.05, 0.1) is 5.56 Å². The SMILES string of the molecule is C[C@H]1[C@@H](NC(=O)COC(=O)c2ccc3c(c2)CCC3)CCC[C@@H]1C. The second-order valence-electron chi connectivity index (χ2n) is 7.35. The highest BCUT2D eigenvalue weighted by atomic mass is 16.5. The van der Waals surface area contributed by atoms with Gasteiger partial charge in [0, 0.05) is 6.04 Å². The van der Waals surface area contributed by atoms with Gasteiger partial charge in [-0.1, -0.05) is 32.8 Å². The van der Waals surface area contributed by atoms with E-state index in [0.29, 0.717) is 17.4 Å². The van der Waals surface area contributed by atoms with E-state index in [9.17, 15) is 9.59 Å². The lowest BCUT2D eigenvalue weighted by atomic mass is 9.78. The van der Waals surface area contributed by atoms with Crippen LogP contribution in [-0.4, -0.2) is 24.5 Å². The number of ether oxygens (including phenoxy) is 1. The Bertz CT molecular complexity index is 625. The highest BCUT2D eigenvalue weighted by Gasteiger charge is 2.28. The van der Waals surface area contributed by atoms with Crippen LogP contribution in [0.15, 0.2) is 18.2 Å². The van der Waals surface area contributed by atoms with Gasteiger partial charge in [-0.3, -0.25) is 4.79 Å². The molecule has 1 aromatic carbocycles. The van der Waals surface area contributed by atoms with Crippen molar-refractivity contribution in [1.29, 1.82) is 0 Å². The summed E-state index contributed by atoms with van der Waals surface area (Å²) in [6, 6.07) is 5.91. The summed E-state index contributed by atoms with van der Waals surface area (Å²) >= 11 is 0. The minimum Gasteiger partial charge on any atom is -0.452 e. The van der Waals surface area contributed by atoms with Crippen LogP contribution in [0.4, 0.5) is 0 Å². The first-order valence-corrected chi connectivity index (χ1v) is 9.13. The Morgan fingerprint density at radius 1 is 1.12 bits per heavy atom. The van der Waals surface area contributed by atoms with Gasteiger partial charge in [0.2, 0.25) is 0 Å². The topological polar surface area (TPSA) is 55.4 Å². The minimum absolute atomic E-state index is 0.194. The lowest BCUT2D eigenvalue weighted by Crippen LogP contribution is -2.45. The Hall–Kier alpha value is -1.84. The molecule has 3 rings (SSSR count). The maximum Gasteiger partial charge on any atom is 0.338 e. The van der Waals surface area contributed by atoms with E-state index >= 15 is 0 Å². The van der Waals surface area contributed by atoms with Crippen molar-refractivity contribution in [1.82, 2.24) is 5.32 Å². The first-order valence-electron chi connectivity index (χ1n) is 9.13. The summed E-state index contributed by atoms with van der Waals surface area (Å²) in [6.07, 6.45) is 6.64. The average Bonchev–Trinajstić information content (AvgIpc) is 3.04. The fourth-order valence-corrected chi connectivity index (χ4v) is 3.95. The van der Waals surface area contributed by atoms with Gasteiger partial charge < -0.3 is 10.1 Å². The van der Waals surface area contributed by atoms with E-state index in [2.05, 4.69) is 19.2 Å². The Morgan fingerprint density at radius 2 is 1.92 bits per heavy atom. The van der Waals surface area contributed by atoms with Gasteiger partial charge in [0.25, 0.3) is 5.91 Å². The predicted octanol–water partition coefficient (Wildman–Crippen LogP) is 3.27. The zero-order valence-corrected chi connectivity index (χ0v) is 14.6. The Morgan fingerprint density at radius 3 is 2.75 bits per heavy atom. The van der Waals surface area contributed by atoms with Gasteiger partial charge in [0.1, 0.15) is 0 Å². The number of hydrogen-bond acceptors (Lipinski definition) is 3. The molecule has 130 valence electrons. The number of carbonyl (C=O) groups is 2. The zero-order chi connectivity index (χ0) is 17.1. The van der Waals surface area contributed by atoms with Gasteiger partial charge in [-0.2, -0.15) is 0 Å². The monoisotopic (exact) mass is 329 g/mol. The summed E-state index contributed by atoms with van der Waals surface area (Å²) in [5.74, 6) is 0.480. The molecule has 0 unspecified atom stereocenters. The summed E-state index contributed by atoms with van der Waals surface area (Å²) in [4.78, 5) is 24.3.